The molecule has 3 nitrogen and oxygen atoms in total. The van der Waals surface area contributed by atoms with Crippen LogP contribution in [0.3, 0.4) is 0 Å². The predicted octanol–water partition coefficient (Wildman–Crippen LogP) is 6.41. The van der Waals surface area contributed by atoms with E-state index < -0.39 is 0 Å². The first-order chi connectivity index (χ1) is 12.0. The van der Waals surface area contributed by atoms with E-state index >= 15 is 0 Å². The minimum Gasteiger partial charge on any atom is -0.455 e. The Labute approximate surface area is 179 Å². The Morgan fingerprint density at radius 3 is 1.48 bits per heavy atom. The summed E-state index contributed by atoms with van der Waals surface area (Å²) in [5, 5.41) is 0. The number of epoxide rings is 2. The van der Waals surface area contributed by atoms with Gasteiger partial charge in [0.25, 0.3) is 0 Å². The largest absolute Gasteiger partial charge is 0.455 e. The second-order valence-corrected chi connectivity index (χ2v) is 9.29. The van der Waals surface area contributed by atoms with Crippen molar-refractivity contribution in [3.05, 3.63) is 53.3 Å². The van der Waals surface area contributed by atoms with Crippen molar-refractivity contribution in [3.63, 3.8) is 0 Å². The lowest BCUT2D eigenvalue weighted by atomic mass is 10.1. The van der Waals surface area contributed by atoms with Gasteiger partial charge in [0.15, 0.2) is 0 Å². The van der Waals surface area contributed by atoms with E-state index in [-0.39, 0.29) is 0 Å². The molecular formula is C18H14Br4O3. The molecule has 0 bridgehead atoms. The third-order valence-corrected chi connectivity index (χ3v) is 8.62. The molecule has 2 aromatic rings. The summed E-state index contributed by atoms with van der Waals surface area (Å²) in [6, 6.07) is 8.12. The van der Waals surface area contributed by atoms with Crippen LogP contribution in [0.5, 0.6) is 11.5 Å². The molecule has 4 rings (SSSR count). The highest BCUT2D eigenvalue weighted by atomic mass is 79.9. The number of halogens is 4. The van der Waals surface area contributed by atoms with Crippen LogP contribution < -0.4 is 4.74 Å². The van der Waals surface area contributed by atoms with Crippen LogP contribution in [0.15, 0.2) is 42.2 Å². The van der Waals surface area contributed by atoms with Crippen LogP contribution in [0, 0.1) is 0 Å². The zero-order valence-electron chi connectivity index (χ0n) is 13.0. The van der Waals surface area contributed by atoms with Crippen molar-refractivity contribution in [3.8, 4) is 11.5 Å². The Morgan fingerprint density at radius 1 is 0.720 bits per heavy atom. The molecule has 2 aliphatic rings. The summed E-state index contributed by atoms with van der Waals surface area (Å²) in [7, 11) is 0. The van der Waals surface area contributed by atoms with Crippen LogP contribution in [-0.4, -0.2) is 25.4 Å². The van der Waals surface area contributed by atoms with Gasteiger partial charge >= 0.3 is 0 Å². The molecule has 132 valence electrons. The lowest BCUT2D eigenvalue weighted by molar-refractivity contribution is 0.407. The molecule has 0 amide bonds. The van der Waals surface area contributed by atoms with E-state index in [1.165, 1.54) is 11.1 Å². The maximum Gasteiger partial charge on any atom is 0.142 e. The molecule has 2 fully saturated rings. The minimum absolute atomic E-state index is 0.350. The van der Waals surface area contributed by atoms with Crippen molar-refractivity contribution in [2.75, 3.05) is 13.2 Å². The summed E-state index contributed by atoms with van der Waals surface area (Å²) in [5.41, 5.74) is 2.42. The van der Waals surface area contributed by atoms with Gasteiger partial charge in [0, 0.05) is 21.8 Å². The van der Waals surface area contributed by atoms with Crippen molar-refractivity contribution in [2.24, 2.45) is 0 Å². The van der Waals surface area contributed by atoms with E-state index in [9.17, 15) is 0 Å². The van der Waals surface area contributed by atoms with Gasteiger partial charge in [-0.1, -0.05) is 12.1 Å². The fourth-order valence-electron chi connectivity index (χ4n) is 2.60. The van der Waals surface area contributed by atoms with Gasteiger partial charge < -0.3 is 14.2 Å². The maximum absolute atomic E-state index is 6.14. The number of benzene rings is 2. The molecule has 0 N–H and O–H groups in total. The average Bonchev–Trinajstić information content (AvgIpc) is 3.49. The van der Waals surface area contributed by atoms with Crippen molar-refractivity contribution < 1.29 is 14.2 Å². The van der Waals surface area contributed by atoms with Crippen LogP contribution in [0.4, 0.5) is 0 Å². The fourth-order valence-corrected chi connectivity index (χ4v) is 4.51. The number of hydrogen-bond donors (Lipinski definition) is 0. The molecule has 0 radical (unpaired) electrons. The average molecular weight is 598 g/mol. The molecule has 2 atom stereocenters. The summed E-state index contributed by atoms with van der Waals surface area (Å²) in [6.07, 6.45) is 2.52. The lowest BCUT2D eigenvalue weighted by Crippen LogP contribution is -1.98. The highest BCUT2D eigenvalue weighted by molar-refractivity contribution is 9.13. The molecule has 0 aromatic heterocycles. The Balaban J connectivity index is 1.56. The molecule has 7 heteroatoms. The topological polar surface area (TPSA) is 34.3 Å². The van der Waals surface area contributed by atoms with E-state index in [0.717, 1.165) is 55.4 Å². The van der Waals surface area contributed by atoms with Crippen LogP contribution in [0.1, 0.15) is 11.1 Å². The van der Waals surface area contributed by atoms with Gasteiger partial charge in [0.05, 0.1) is 34.4 Å². The summed E-state index contributed by atoms with van der Waals surface area (Å²) < 4.78 is 20.6. The normalized spacial score (nSPS) is 21.3. The van der Waals surface area contributed by atoms with Crippen LogP contribution >= 0.6 is 63.7 Å². The first kappa shape index (κ1) is 18.4. The van der Waals surface area contributed by atoms with E-state index in [1.54, 1.807) is 0 Å². The van der Waals surface area contributed by atoms with Gasteiger partial charge in [-0.2, -0.15) is 0 Å². The number of hydrogen-bond acceptors (Lipinski definition) is 3. The zero-order valence-corrected chi connectivity index (χ0v) is 19.4. The van der Waals surface area contributed by atoms with Crippen LogP contribution in [0.25, 0.3) is 0 Å². The molecule has 2 saturated heterocycles. The Hall–Kier alpha value is 0.0800. The standard InChI is InChI=1S/C18H14Br4O3/c19-15-9(5-11-7-23-11)1-3-13(17(15)21)25-14-4-2-10(6-12-8-24-12)16(20)18(14)22/h1-4,11-12H,5-8H2. The van der Waals surface area contributed by atoms with Crippen LogP contribution in [-0.2, 0) is 22.3 Å². The second-order valence-electron chi connectivity index (χ2n) is 6.12. The Morgan fingerprint density at radius 2 is 1.12 bits per heavy atom. The molecule has 2 aliphatic heterocycles. The Kier molecular flexibility index (Phi) is 5.61. The molecular weight excluding hydrogens is 584 g/mol. The predicted molar refractivity (Wildman–Crippen MR) is 111 cm³/mol. The zero-order chi connectivity index (χ0) is 17.6. The smallest absolute Gasteiger partial charge is 0.142 e. The van der Waals surface area contributed by atoms with Gasteiger partial charge in [-0.05, 0) is 87.0 Å². The van der Waals surface area contributed by atoms with E-state index in [2.05, 4.69) is 75.9 Å². The van der Waals surface area contributed by atoms with Crippen molar-refractivity contribution in [1.82, 2.24) is 0 Å². The molecule has 2 unspecified atom stereocenters. The molecule has 25 heavy (non-hydrogen) atoms. The minimum atomic E-state index is 0.350. The highest BCUT2D eigenvalue weighted by Crippen LogP contribution is 2.43. The molecule has 2 aromatic carbocycles. The van der Waals surface area contributed by atoms with Gasteiger partial charge in [0.2, 0.25) is 0 Å². The van der Waals surface area contributed by atoms with Gasteiger partial charge in [-0.15, -0.1) is 0 Å². The van der Waals surface area contributed by atoms with Crippen molar-refractivity contribution in [1.29, 1.82) is 0 Å². The summed E-state index contributed by atoms with van der Waals surface area (Å²) in [5.74, 6) is 1.52. The second kappa shape index (κ2) is 7.60. The van der Waals surface area contributed by atoms with Gasteiger partial charge in [0.1, 0.15) is 11.5 Å². The monoisotopic (exact) mass is 594 g/mol. The molecule has 0 spiro atoms. The van der Waals surface area contributed by atoms with Gasteiger partial charge in [-0.25, -0.2) is 0 Å². The molecule has 0 aliphatic carbocycles. The lowest BCUT2D eigenvalue weighted by Gasteiger charge is -2.15. The summed E-state index contributed by atoms with van der Waals surface area (Å²) in [6.45, 7) is 1.70. The molecule has 0 saturated carbocycles. The quantitative estimate of drug-likeness (QED) is 0.361. The maximum atomic E-state index is 6.14. The first-order valence-electron chi connectivity index (χ1n) is 7.87. The number of rotatable bonds is 6. The van der Waals surface area contributed by atoms with Crippen molar-refractivity contribution in [2.45, 2.75) is 25.0 Å². The van der Waals surface area contributed by atoms with Crippen LogP contribution in [0.2, 0.25) is 0 Å². The van der Waals surface area contributed by atoms with Gasteiger partial charge in [-0.3, -0.25) is 0 Å². The highest BCUT2D eigenvalue weighted by Gasteiger charge is 2.26. The SMILES string of the molecule is Brc1c(CC2CO2)ccc(Oc2ccc(CC3CO3)c(Br)c2Br)c1Br. The van der Waals surface area contributed by atoms with E-state index in [1.807, 2.05) is 12.1 Å². The number of ether oxygens (including phenoxy) is 3. The third kappa shape index (κ3) is 4.33. The fraction of sp³-hybridized carbons (Fsp3) is 0.333. The van der Waals surface area contributed by atoms with E-state index in [0.29, 0.717) is 12.2 Å². The van der Waals surface area contributed by atoms with Crippen molar-refractivity contribution >= 4 is 63.7 Å². The third-order valence-electron chi connectivity index (χ3n) is 4.17. The molecule has 2 heterocycles. The summed E-state index contributed by atoms with van der Waals surface area (Å²) in [4.78, 5) is 0. The first-order valence-corrected chi connectivity index (χ1v) is 11.0. The Bertz CT molecular complexity index is 749. The van der Waals surface area contributed by atoms with E-state index in [4.69, 9.17) is 14.2 Å². The summed E-state index contributed by atoms with van der Waals surface area (Å²) >= 11 is 14.6.